The summed E-state index contributed by atoms with van der Waals surface area (Å²) in [5.74, 6) is -0.535. The van der Waals surface area contributed by atoms with Crippen molar-refractivity contribution in [3.8, 4) is 0 Å². The van der Waals surface area contributed by atoms with E-state index < -0.39 is 16.1 Å². The molecule has 0 saturated carbocycles. The highest BCUT2D eigenvalue weighted by molar-refractivity contribution is 7.92. The molecule has 0 saturated heterocycles. The number of carbonyl (C=O) groups is 2. The zero-order chi connectivity index (χ0) is 23.9. The molecule has 0 unspecified atom stereocenters. The van der Waals surface area contributed by atoms with Gasteiger partial charge in [0.2, 0.25) is 21.8 Å². The Balaban J connectivity index is 2.12. The molecule has 2 aromatic rings. The Morgan fingerprint density at radius 2 is 1.53 bits per heavy atom. The summed E-state index contributed by atoms with van der Waals surface area (Å²) in [6.07, 6.45) is 1.48. The lowest BCUT2D eigenvalue weighted by molar-refractivity contribution is -0.140. The molecule has 1 atom stereocenters. The number of sulfonamides is 1. The van der Waals surface area contributed by atoms with Gasteiger partial charge in [-0.3, -0.25) is 13.9 Å². The van der Waals surface area contributed by atoms with Crippen molar-refractivity contribution in [3.05, 3.63) is 64.1 Å². The van der Waals surface area contributed by atoms with E-state index in [0.717, 1.165) is 11.8 Å². The summed E-state index contributed by atoms with van der Waals surface area (Å²) in [4.78, 5) is 26.7. The normalized spacial score (nSPS) is 12.2. The molecule has 7 nitrogen and oxygen atoms in total. The number of hydrogen-bond donors (Lipinski definition) is 1. The van der Waals surface area contributed by atoms with Crippen LogP contribution in [0.25, 0.3) is 0 Å². The fourth-order valence-electron chi connectivity index (χ4n) is 3.19. The van der Waals surface area contributed by atoms with Gasteiger partial charge in [-0.15, -0.1) is 0 Å². The second-order valence-electron chi connectivity index (χ2n) is 7.35. The molecule has 2 rings (SSSR count). The number of nitrogens with one attached hydrogen (secondary N) is 1. The highest BCUT2D eigenvalue weighted by Crippen LogP contribution is 2.21. The second-order valence-corrected chi connectivity index (χ2v) is 10.1. The molecular formula is C22H27Cl2N3O4S. The molecule has 0 spiro atoms. The van der Waals surface area contributed by atoms with Crippen LogP contribution in [0.3, 0.4) is 0 Å². The molecule has 0 aliphatic carbocycles. The van der Waals surface area contributed by atoms with Gasteiger partial charge in [0.1, 0.15) is 6.04 Å². The zero-order valence-corrected chi connectivity index (χ0v) is 20.5. The van der Waals surface area contributed by atoms with E-state index in [0.29, 0.717) is 15.7 Å². The maximum Gasteiger partial charge on any atom is 0.242 e. The van der Waals surface area contributed by atoms with Gasteiger partial charge in [-0.25, -0.2) is 8.42 Å². The Bertz CT molecular complexity index is 1030. The van der Waals surface area contributed by atoms with Crippen LogP contribution in [0.1, 0.15) is 25.3 Å². The van der Waals surface area contributed by atoms with Crippen molar-refractivity contribution < 1.29 is 18.0 Å². The van der Waals surface area contributed by atoms with Crippen LogP contribution in [0.2, 0.25) is 10.0 Å². The lowest BCUT2D eigenvalue weighted by Gasteiger charge is -2.29. The first-order chi connectivity index (χ1) is 15.0. The smallest absolute Gasteiger partial charge is 0.242 e. The SMILES string of the molecule is CNC(=O)[C@H](C)N(Cc1ccc(Cl)cc1)C(=O)CCCN(c1ccc(Cl)cc1)S(C)(=O)=O. The second kappa shape index (κ2) is 11.5. The zero-order valence-electron chi connectivity index (χ0n) is 18.2. The molecule has 0 aromatic heterocycles. The third kappa shape index (κ3) is 7.39. The Labute approximate surface area is 199 Å². The number of carbonyl (C=O) groups excluding carboxylic acids is 2. The third-order valence-corrected chi connectivity index (χ3v) is 6.64. The molecule has 0 heterocycles. The van der Waals surface area contributed by atoms with Crippen molar-refractivity contribution in [1.82, 2.24) is 10.2 Å². The number of anilines is 1. The molecule has 2 amide bonds. The monoisotopic (exact) mass is 499 g/mol. The largest absolute Gasteiger partial charge is 0.357 e. The van der Waals surface area contributed by atoms with Crippen LogP contribution >= 0.6 is 23.2 Å². The van der Waals surface area contributed by atoms with E-state index >= 15 is 0 Å². The highest BCUT2D eigenvalue weighted by Gasteiger charge is 2.26. The van der Waals surface area contributed by atoms with Crippen LogP contribution in [-0.4, -0.2) is 51.0 Å². The quantitative estimate of drug-likeness (QED) is 0.539. The number of benzene rings is 2. The lowest BCUT2D eigenvalue weighted by Crippen LogP contribution is -2.46. The standard InChI is InChI=1S/C22H27Cl2N3O4S/c1-16(22(29)25-2)26(15-17-6-8-18(23)9-7-17)21(28)5-4-14-27(32(3,30)31)20-12-10-19(24)11-13-20/h6-13,16H,4-5,14-15H2,1-3H3,(H,25,29)/t16-/m0/s1. The molecule has 10 heteroatoms. The van der Waals surface area contributed by atoms with E-state index in [1.165, 1.54) is 16.3 Å². The first-order valence-electron chi connectivity index (χ1n) is 10.0. The Morgan fingerprint density at radius 1 is 1.00 bits per heavy atom. The van der Waals surface area contributed by atoms with E-state index in [1.807, 2.05) is 0 Å². The molecule has 1 N–H and O–H groups in total. The van der Waals surface area contributed by atoms with Crippen molar-refractivity contribution in [2.24, 2.45) is 0 Å². The molecule has 0 radical (unpaired) electrons. The summed E-state index contributed by atoms with van der Waals surface area (Å²) < 4.78 is 25.8. The first kappa shape index (κ1) is 26.0. The van der Waals surface area contributed by atoms with Crippen molar-refractivity contribution in [2.75, 3.05) is 24.2 Å². The Kier molecular flexibility index (Phi) is 9.36. The summed E-state index contributed by atoms with van der Waals surface area (Å²) in [6, 6.07) is 12.8. The third-order valence-electron chi connectivity index (χ3n) is 4.95. The van der Waals surface area contributed by atoms with Gasteiger partial charge in [0.15, 0.2) is 0 Å². The highest BCUT2D eigenvalue weighted by atomic mass is 35.5. The summed E-state index contributed by atoms with van der Waals surface area (Å²) in [5.41, 5.74) is 1.30. The molecule has 2 aromatic carbocycles. The van der Waals surface area contributed by atoms with Crippen molar-refractivity contribution in [2.45, 2.75) is 32.4 Å². The van der Waals surface area contributed by atoms with E-state index in [9.17, 15) is 18.0 Å². The van der Waals surface area contributed by atoms with Crippen LogP contribution in [0.4, 0.5) is 5.69 Å². The van der Waals surface area contributed by atoms with Crippen molar-refractivity contribution in [3.63, 3.8) is 0 Å². The summed E-state index contributed by atoms with van der Waals surface area (Å²) >= 11 is 11.8. The van der Waals surface area contributed by atoms with Crippen molar-refractivity contribution >= 4 is 50.7 Å². The van der Waals surface area contributed by atoms with Gasteiger partial charge in [0.25, 0.3) is 0 Å². The van der Waals surface area contributed by atoms with Crippen LogP contribution < -0.4 is 9.62 Å². The maximum absolute atomic E-state index is 13.0. The van der Waals surface area contributed by atoms with E-state index in [-0.39, 0.29) is 37.7 Å². The summed E-state index contributed by atoms with van der Waals surface area (Å²) in [6.45, 7) is 2.01. The average molecular weight is 500 g/mol. The van der Waals surface area contributed by atoms with Gasteiger partial charge < -0.3 is 10.2 Å². The Morgan fingerprint density at radius 3 is 2.03 bits per heavy atom. The predicted molar refractivity (Wildman–Crippen MR) is 128 cm³/mol. The van der Waals surface area contributed by atoms with Gasteiger partial charge in [0.05, 0.1) is 11.9 Å². The molecular weight excluding hydrogens is 473 g/mol. The minimum absolute atomic E-state index is 0.0779. The van der Waals surface area contributed by atoms with Crippen LogP contribution in [0.5, 0.6) is 0 Å². The van der Waals surface area contributed by atoms with E-state index in [4.69, 9.17) is 23.2 Å². The molecule has 0 aliphatic rings. The molecule has 0 aliphatic heterocycles. The molecule has 0 bridgehead atoms. The van der Waals surface area contributed by atoms with Crippen LogP contribution in [0, 0.1) is 0 Å². The average Bonchev–Trinajstić information content (AvgIpc) is 2.75. The number of nitrogens with zero attached hydrogens (tertiary/aromatic N) is 2. The van der Waals surface area contributed by atoms with Gasteiger partial charge in [0, 0.05) is 36.6 Å². The van der Waals surface area contributed by atoms with Gasteiger partial charge in [-0.05, 0) is 55.3 Å². The molecule has 174 valence electrons. The number of amides is 2. The summed E-state index contributed by atoms with van der Waals surface area (Å²) in [7, 11) is -2.03. The van der Waals surface area contributed by atoms with Gasteiger partial charge in [-0.2, -0.15) is 0 Å². The fraction of sp³-hybridized carbons (Fsp3) is 0.364. The first-order valence-corrected chi connectivity index (χ1v) is 12.6. The Hall–Kier alpha value is -2.29. The number of likely N-dealkylation sites (N-methyl/N-ethyl adjacent to an activating group) is 1. The number of halogens is 2. The topological polar surface area (TPSA) is 86.8 Å². The number of hydrogen-bond acceptors (Lipinski definition) is 4. The van der Waals surface area contributed by atoms with Crippen LogP contribution in [-0.2, 0) is 26.2 Å². The lowest BCUT2D eigenvalue weighted by atomic mass is 10.1. The fourth-order valence-corrected chi connectivity index (χ4v) is 4.41. The van der Waals surface area contributed by atoms with Crippen LogP contribution in [0.15, 0.2) is 48.5 Å². The predicted octanol–water partition coefficient (Wildman–Crippen LogP) is 3.70. The number of rotatable bonds is 10. The molecule has 0 fully saturated rings. The van der Waals surface area contributed by atoms with Gasteiger partial charge in [-0.1, -0.05) is 35.3 Å². The molecule has 32 heavy (non-hydrogen) atoms. The maximum atomic E-state index is 13.0. The summed E-state index contributed by atoms with van der Waals surface area (Å²) in [5, 5.41) is 3.64. The minimum atomic E-state index is -3.55. The van der Waals surface area contributed by atoms with E-state index in [1.54, 1.807) is 55.5 Å². The van der Waals surface area contributed by atoms with Crippen molar-refractivity contribution in [1.29, 1.82) is 0 Å². The minimum Gasteiger partial charge on any atom is -0.357 e. The van der Waals surface area contributed by atoms with Gasteiger partial charge >= 0.3 is 0 Å². The van der Waals surface area contributed by atoms with E-state index in [2.05, 4.69) is 5.32 Å².